The van der Waals surface area contributed by atoms with Crippen molar-refractivity contribution in [3.05, 3.63) is 0 Å². The monoisotopic (exact) mass is 323 g/mol. The van der Waals surface area contributed by atoms with E-state index in [-0.39, 0.29) is 11.1 Å². The Bertz CT molecular complexity index is 159. The van der Waals surface area contributed by atoms with E-state index >= 15 is 0 Å². The Morgan fingerprint density at radius 3 is 1.18 bits per heavy atom. The second-order valence-electron chi connectivity index (χ2n) is 4.63. The second kappa shape index (κ2) is 3.83. The predicted octanol–water partition coefficient (Wildman–Crippen LogP) is 3.03. The van der Waals surface area contributed by atoms with Crippen molar-refractivity contribution in [3.63, 3.8) is 0 Å². The summed E-state index contributed by atoms with van der Waals surface area (Å²) in [6.07, 6.45) is 0. The van der Waals surface area contributed by atoms with Crippen LogP contribution in [-0.4, -0.2) is 11.1 Å². The van der Waals surface area contributed by atoms with Gasteiger partial charge in [-0.2, -0.15) is 0 Å². The van der Waals surface area contributed by atoms with E-state index in [2.05, 4.69) is 48.2 Å². The van der Waals surface area contributed by atoms with E-state index in [9.17, 15) is 0 Å². The fraction of sp³-hybridized carbons (Fsp3) is 1.00. The number of hydrogen-bond acceptors (Lipinski definition) is 2. The summed E-state index contributed by atoms with van der Waals surface area (Å²) in [5, 5.41) is 0. The molecule has 0 saturated heterocycles. The van der Waals surface area contributed by atoms with Gasteiger partial charge in [-0.25, -0.2) is 0 Å². The molecular weight excluding hydrogens is 305 g/mol. The third kappa shape index (κ3) is 10.3. The summed E-state index contributed by atoms with van der Waals surface area (Å²) in [6, 6.07) is 0. The zero-order chi connectivity index (χ0) is 9.12. The van der Waals surface area contributed by atoms with Crippen LogP contribution in [0.2, 0.25) is 0 Å². The standard InChI is InChI=1S/2C4H9N.Ta/c2*1-4(2,3)5;/h2*1-3H3;. The average molecular weight is 323 g/mol. The molecule has 0 saturated carbocycles. The molecule has 0 rings (SSSR count). The van der Waals surface area contributed by atoms with Crippen LogP contribution >= 0.6 is 0 Å². The van der Waals surface area contributed by atoms with Crippen LogP contribution in [0.25, 0.3) is 0 Å². The Labute approximate surface area is 78.8 Å². The van der Waals surface area contributed by atoms with E-state index in [0.29, 0.717) is 0 Å². The van der Waals surface area contributed by atoms with E-state index in [1.165, 1.54) is 0 Å². The van der Waals surface area contributed by atoms with Gasteiger partial charge in [-0.3, -0.25) is 0 Å². The minimum absolute atomic E-state index is 0.131. The number of nitrogens with zero attached hydrogens (tertiary/aromatic N) is 2. The van der Waals surface area contributed by atoms with Gasteiger partial charge < -0.3 is 0 Å². The zero-order valence-electron chi connectivity index (χ0n) is 8.34. The van der Waals surface area contributed by atoms with Crippen molar-refractivity contribution in [2.75, 3.05) is 0 Å². The average Bonchev–Trinajstić information content (AvgIpc) is 1.55. The summed E-state index contributed by atoms with van der Waals surface area (Å²) < 4.78 is 9.11. The SMILES string of the molecule is CC(C)(C)[N]=[Ta]=[N]C(C)(C)C. The van der Waals surface area contributed by atoms with Gasteiger partial charge in [-0.15, -0.1) is 0 Å². The first kappa shape index (κ1) is 11.3. The molecule has 0 spiro atoms. The van der Waals surface area contributed by atoms with Gasteiger partial charge in [0.25, 0.3) is 0 Å². The van der Waals surface area contributed by atoms with E-state index in [4.69, 9.17) is 0 Å². The molecule has 0 atom stereocenters. The van der Waals surface area contributed by atoms with Gasteiger partial charge in [0.1, 0.15) is 0 Å². The van der Waals surface area contributed by atoms with E-state index in [1.54, 1.807) is 0 Å². The van der Waals surface area contributed by atoms with Crippen LogP contribution in [0.4, 0.5) is 0 Å². The molecule has 0 unspecified atom stereocenters. The predicted molar refractivity (Wildman–Crippen MR) is 44.4 cm³/mol. The first-order chi connectivity index (χ1) is 4.71. The van der Waals surface area contributed by atoms with Crippen LogP contribution in [0, 0.1) is 0 Å². The molecule has 3 heteroatoms. The van der Waals surface area contributed by atoms with Crippen molar-refractivity contribution in [2.45, 2.75) is 52.6 Å². The summed E-state index contributed by atoms with van der Waals surface area (Å²) in [5.74, 6) is 0. The van der Waals surface area contributed by atoms with Crippen molar-refractivity contribution in [1.29, 1.82) is 0 Å². The minimum atomic E-state index is -0.897. The van der Waals surface area contributed by atoms with E-state index in [1.807, 2.05) is 0 Å². The molecule has 0 fully saturated rings. The summed E-state index contributed by atoms with van der Waals surface area (Å²) in [4.78, 5) is 0. The van der Waals surface area contributed by atoms with Crippen molar-refractivity contribution >= 4 is 0 Å². The van der Waals surface area contributed by atoms with Gasteiger partial charge in [0.15, 0.2) is 0 Å². The summed E-state index contributed by atoms with van der Waals surface area (Å²) >= 11 is -0.897. The van der Waals surface area contributed by atoms with Gasteiger partial charge >= 0.3 is 78.7 Å². The Morgan fingerprint density at radius 1 is 0.727 bits per heavy atom. The van der Waals surface area contributed by atoms with Gasteiger partial charge in [-0.1, -0.05) is 0 Å². The Morgan fingerprint density at radius 2 is 1.00 bits per heavy atom. The van der Waals surface area contributed by atoms with Crippen LogP contribution in [0.3, 0.4) is 0 Å². The Kier molecular flexibility index (Phi) is 3.95. The zero-order valence-corrected chi connectivity index (χ0v) is 11.6. The van der Waals surface area contributed by atoms with Gasteiger partial charge in [-0.05, 0) is 0 Å². The van der Waals surface area contributed by atoms with Gasteiger partial charge in [0.05, 0.1) is 0 Å². The molecule has 0 aliphatic heterocycles. The summed E-state index contributed by atoms with van der Waals surface area (Å²) in [6.45, 7) is 12.8. The maximum absolute atomic E-state index is 4.56. The van der Waals surface area contributed by atoms with E-state index < -0.39 is 19.4 Å². The Hall–Kier alpha value is 0.340. The quantitative estimate of drug-likeness (QED) is 0.655. The topological polar surface area (TPSA) is 24.7 Å². The van der Waals surface area contributed by atoms with Crippen LogP contribution in [-0.2, 0) is 19.4 Å². The molecule has 0 bridgehead atoms. The third-order valence-electron chi connectivity index (χ3n) is 0.689. The summed E-state index contributed by atoms with van der Waals surface area (Å²) in [5.41, 5.74) is 0.261. The van der Waals surface area contributed by atoms with Crippen molar-refractivity contribution < 1.29 is 19.4 Å². The van der Waals surface area contributed by atoms with Gasteiger partial charge in [0, 0.05) is 0 Å². The fourth-order valence-electron chi connectivity index (χ4n) is 0.291. The third-order valence-corrected chi connectivity index (χ3v) is 5.64. The molecule has 0 aliphatic rings. The molecule has 0 aromatic heterocycles. The molecule has 11 heavy (non-hydrogen) atoms. The number of rotatable bonds is 0. The molecule has 0 radical (unpaired) electrons. The number of hydrogen-bond donors (Lipinski definition) is 0. The van der Waals surface area contributed by atoms with Crippen LogP contribution in [0.1, 0.15) is 41.5 Å². The molecule has 0 aromatic rings. The van der Waals surface area contributed by atoms with Crippen LogP contribution in [0.5, 0.6) is 0 Å². The van der Waals surface area contributed by atoms with Crippen molar-refractivity contribution in [2.24, 2.45) is 6.68 Å². The molecule has 2 nitrogen and oxygen atoms in total. The van der Waals surface area contributed by atoms with Gasteiger partial charge in [0.2, 0.25) is 0 Å². The normalized spacial score (nSPS) is 12.2. The van der Waals surface area contributed by atoms with Crippen molar-refractivity contribution in [3.8, 4) is 0 Å². The molecule has 0 aliphatic carbocycles. The molecule has 0 amide bonds. The summed E-state index contributed by atoms with van der Waals surface area (Å²) in [7, 11) is 0. The molecular formula is C8H18N2Ta. The first-order valence-corrected chi connectivity index (χ1v) is 6.72. The molecule has 0 aromatic carbocycles. The maximum atomic E-state index is 4.56. The molecule has 65 valence electrons. The van der Waals surface area contributed by atoms with Crippen LogP contribution in [0.15, 0.2) is 6.68 Å². The Balaban J connectivity index is 4.25. The molecule has 0 N–H and O–H groups in total. The molecule has 0 heterocycles. The fourth-order valence-corrected chi connectivity index (χ4v) is 2.38. The van der Waals surface area contributed by atoms with E-state index in [0.717, 1.165) is 0 Å². The van der Waals surface area contributed by atoms with Crippen LogP contribution < -0.4 is 0 Å². The van der Waals surface area contributed by atoms with Crippen molar-refractivity contribution in [1.82, 2.24) is 0 Å². The first-order valence-electron chi connectivity index (χ1n) is 3.85. The second-order valence-corrected chi connectivity index (χ2v) is 6.71.